The number of pyridine rings is 1. The van der Waals surface area contributed by atoms with E-state index in [0.717, 1.165) is 24.8 Å². The summed E-state index contributed by atoms with van der Waals surface area (Å²) in [5, 5.41) is 14.7. The predicted molar refractivity (Wildman–Crippen MR) is 112 cm³/mol. The van der Waals surface area contributed by atoms with E-state index in [1.54, 1.807) is 24.4 Å². The first-order chi connectivity index (χ1) is 15.0. The molecule has 3 fully saturated rings. The Morgan fingerprint density at radius 1 is 1.32 bits per heavy atom. The number of fused-ring (bicyclic) bond motifs is 1. The van der Waals surface area contributed by atoms with Crippen LogP contribution in [0.2, 0.25) is 0 Å². The molecule has 1 aliphatic heterocycles. The third-order valence-corrected chi connectivity index (χ3v) is 6.89. The number of nitriles is 1. The first kappa shape index (κ1) is 19.7. The highest BCUT2D eigenvalue weighted by atomic mass is 19.1. The largest absolute Gasteiger partial charge is 0.477 e. The SMILES string of the molecule is Cc1ccc(C2CC=NN2C(=O)[C@H]2CC3(COc4ccc(C#N)cn4)CC2C3)c(F)c1. The van der Waals surface area contributed by atoms with Crippen molar-refractivity contribution in [3.63, 3.8) is 0 Å². The number of carbonyl (C=O) groups excluding carboxylic acids is 1. The average Bonchev–Trinajstić information content (AvgIpc) is 3.45. The molecule has 6 nitrogen and oxygen atoms in total. The molecular weight excluding hydrogens is 395 g/mol. The molecule has 2 bridgehead atoms. The second-order valence-corrected chi connectivity index (χ2v) is 9.02. The van der Waals surface area contributed by atoms with E-state index in [4.69, 9.17) is 10.00 Å². The molecule has 158 valence electrons. The zero-order valence-corrected chi connectivity index (χ0v) is 17.3. The third-order valence-electron chi connectivity index (χ3n) is 6.89. The lowest BCUT2D eigenvalue weighted by Gasteiger charge is -2.38. The molecule has 0 saturated heterocycles. The summed E-state index contributed by atoms with van der Waals surface area (Å²) in [6.07, 6.45) is 6.37. The number of hydrazone groups is 1. The first-order valence-electron chi connectivity index (χ1n) is 10.6. The van der Waals surface area contributed by atoms with Gasteiger partial charge in [-0.3, -0.25) is 4.79 Å². The van der Waals surface area contributed by atoms with Gasteiger partial charge in [-0.15, -0.1) is 0 Å². The maximum Gasteiger partial charge on any atom is 0.246 e. The Morgan fingerprint density at radius 3 is 2.87 bits per heavy atom. The fourth-order valence-corrected chi connectivity index (χ4v) is 5.32. The van der Waals surface area contributed by atoms with Crippen molar-refractivity contribution in [1.82, 2.24) is 9.99 Å². The van der Waals surface area contributed by atoms with Crippen LogP contribution >= 0.6 is 0 Å². The number of rotatable bonds is 5. The molecule has 3 aliphatic carbocycles. The van der Waals surface area contributed by atoms with Gasteiger partial charge in [0.2, 0.25) is 11.8 Å². The lowest BCUT2D eigenvalue weighted by molar-refractivity contribution is -0.138. The summed E-state index contributed by atoms with van der Waals surface area (Å²) in [4.78, 5) is 17.5. The van der Waals surface area contributed by atoms with E-state index in [1.165, 1.54) is 17.3 Å². The van der Waals surface area contributed by atoms with Gasteiger partial charge in [-0.2, -0.15) is 10.4 Å². The highest BCUT2D eigenvalue weighted by molar-refractivity contribution is 5.83. The van der Waals surface area contributed by atoms with Crippen LogP contribution in [0.25, 0.3) is 0 Å². The van der Waals surface area contributed by atoms with Crippen molar-refractivity contribution < 1.29 is 13.9 Å². The van der Waals surface area contributed by atoms with Gasteiger partial charge in [0.1, 0.15) is 11.9 Å². The minimum Gasteiger partial charge on any atom is -0.477 e. The van der Waals surface area contributed by atoms with E-state index in [1.807, 2.05) is 19.1 Å². The van der Waals surface area contributed by atoms with Crippen LogP contribution in [0.15, 0.2) is 41.6 Å². The maximum atomic E-state index is 14.5. The molecule has 31 heavy (non-hydrogen) atoms. The van der Waals surface area contributed by atoms with Gasteiger partial charge < -0.3 is 4.74 Å². The van der Waals surface area contributed by atoms with Crippen molar-refractivity contribution in [2.45, 2.75) is 38.6 Å². The number of benzene rings is 1. The summed E-state index contributed by atoms with van der Waals surface area (Å²) in [5.74, 6) is 0.405. The molecule has 3 saturated carbocycles. The van der Waals surface area contributed by atoms with Crippen molar-refractivity contribution in [1.29, 1.82) is 5.26 Å². The van der Waals surface area contributed by atoms with E-state index >= 15 is 0 Å². The van der Waals surface area contributed by atoms with Crippen molar-refractivity contribution in [3.05, 3.63) is 59.0 Å². The van der Waals surface area contributed by atoms with Gasteiger partial charge in [0, 0.05) is 41.8 Å². The molecule has 2 heterocycles. The fraction of sp³-hybridized carbons (Fsp3) is 0.417. The highest BCUT2D eigenvalue weighted by Gasteiger charge is 2.59. The Hall–Kier alpha value is -3.27. The number of nitrogens with zero attached hydrogens (tertiary/aromatic N) is 4. The Labute approximate surface area is 180 Å². The summed E-state index contributed by atoms with van der Waals surface area (Å²) in [5.41, 5.74) is 1.85. The van der Waals surface area contributed by atoms with Crippen LogP contribution in [0.3, 0.4) is 0 Å². The smallest absolute Gasteiger partial charge is 0.246 e. The van der Waals surface area contributed by atoms with E-state index in [9.17, 15) is 9.18 Å². The van der Waals surface area contributed by atoms with E-state index in [-0.39, 0.29) is 29.1 Å². The average molecular weight is 418 g/mol. The van der Waals surface area contributed by atoms with Crippen LogP contribution in [0.1, 0.15) is 48.4 Å². The van der Waals surface area contributed by atoms with Crippen LogP contribution in [-0.2, 0) is 4.79 Å². The lowest BCUT2D eigenvalue weighted by atomic mass is 9.70. The zero-order chi connectivity index (χ0) is 21.6. The van der Waals surface area contributed by atoms with Crippen molar-refractivity contribution >= 4 is 12.1 Å². The van der Waals surface area contributed by atoms with Gasteiger partial charge in [-0.1, -0.05) is 12.1 Å². The normalized spacial score (nSPS) is 28.3. The Balaban J connectivity index is 1.25. The molecule has 0 N–H and O–H groups in total. The Bertz CT molecular complexity index is 1090. The van der Waals surface area contributed by atoms with Gasteiger partial charge in [-0.05, 0) is 49.8 Å². The minimum atomic E-state index is -0.374. The first-order valence-corrected chi connectivity index (χ1v) is 10.6. The fourth-order valence-electron chi connectivity index (χ4n) is 5.32. The molecule has 1 aromatic heterocycles. The maximum absolute atomic E-state index is 14.5. The van der Waals surface area contributed by atoms with Crippen molar-refractivity contribution in [2.75, 3.05) is 6.61 Å². The van der Waals surface area contributed by atoms with Gasteiger partial charge in [0.25, 0.3) is 0 Å². The number of amides is 1. The molecule has 6 rings (SSSR count). The molecule has 0 radical (unpaired) electrons. The lowest BCUT2D eigenvalue weighted by Crippen LogP contribution is -2.36. The number of hydrogen-bond donors (Lipinski definition) is 0. The van der Waals surface area contributed by atoms with Crippen LogP contribution in [0, 0.1) is 41.3 Å². The second kappa shape index (κ2) is 7.45. The molecule has 1 amide bonds. The van der Waals surface area contributed by atoms with E-state index in [2.05, 4.69) is 10.1 Å². The number of halogens is 1. The molecular formula is C24H23FN4O2. The van der Waals surface area contributed by atoms with Gasteiger partial charge in [-0.25, -0.2) is 14.4 Å². The number of aromatic nitrogens is 1. The number of ether oxygens (including phenoxy) is 1. The molecule has 0 spiro atoms. The van der Waals surface area contributed by atoms with Gasteiger partial charge in [0.15, 0.2) is 0 Å². The molecule has 1 aromatic carbocycles. The van der Waals surface area contributed by atoms with Crippen LogP contribution in [0.5, 0.6) is 5.88 Å². The Kier molecular flexibility index (Phi) is 4.73. The van der Waals surface area contributed by atoms with Crippen molar-refractivity contribution in [3.8, 4) is 11.9 Å². The number of carbonyl (C=O) groups is 1. The molecule has 4 aliphatic rings. The Morgan fingerprint density at radius 2 is 2.16 bits per heavy atom. The molecule has 2 aromatic rings. The predicted octanol–water partition coefficient (Wildman–Crippen LogP) is 4.16. The second-order valence-electron chi connectivity index (χ2n) is 9.02. The minimum absolute atomic E-state index is 0.0143. The summed E-state index contributed by atoms with van der Waals surface area (Å²) in [7, 11) is 0. The van der Waals surface area contributed by atoms with Gasteiger partial charge >= 0.3 is 0 Å². The zero-order valence-electron chi connectivity index (χ0n) is 17.3. The monoisotopic (exact) mass is 418 g/mol. The summed E-state index contributed by atoms with van der Waals surface area (Å²) < 4.78 is 20.4. The summed E-state index contributed by atoms with van der Waals surface area (Å²) in [6.45, 7) is 2.35. The van der Waals surface area contributed by atoms with E-state index < -0.39 is 0 Å². The molecule has 2 atom stereocenters. The van der Waals surface area contributed by atoms with Crippen LogP contribution in [-0.4, -0.2) is 28.7 Å². The molecule has 1 unspecified atom stereocenters. The van der Waals surface area contributed by atoms with Crippen molar-refractivity contribution in [2.24, 2.45) is 22.4 Å². The summed E-state index contributed by atoms with van der Waals surface area (Å²) in [6, 6.07) is 10.2. The standard InChI is InChI=1S/C24H23FN4O2/c1-15-2-4-18(20(25)8-15)21-6-7-28-29(21)23(30)19-11-24(9-17(19)10-24)14-31-22-5-3-16(12-26)13-27-22/h2-5,7-8,13,17,19,21H,6,9-11,14H2,1H3/t17?,19-,21?,24?/m0/s1. The highest BCUT2D eigenvalue weighted by Crippen LogP contribution is 2.62. The van der Waals surface area contributed by atoms with E-state index in [0.29, 0.717) is 36.0 Å². The third kappa shape index (κ3) is 3.46. The number of aryl methyl sites for hydroxylation is 1. The van der Waals surface area contributed by atoms with Crippen LogP contribution < -0.4 is 4.74 Å². The quantitative estimate of drug-likeness (QED) is 0.731. The van der Waals surface area contributed by atoms with Gasteiger partial charge in [0.05, 0.1) is 18.2 Å². The summed E-state index contributed by atoms with van der Waals surface area (Å²) >= 11 is 0. The number of hydrogen-bond acceptors (Lipinski definition) is 5. The topological polar surface area (TPSA) is 78.6 Å². The molecule has 7 heteroatoms. The van der Waals surface area contributed by atoms with Crippen LogP contribution in [0.4, 0.5) is 4.39 Å².